The first-order valence-electron chi connectivity index (χ1n) is 11.6. The van der Waals surface area contributed by atoms with E-state index in [0.717, 1.165) is 73.1 Å². The third-order valence-electron chi connectivity index (χ3n) is 6.05. The molecule has 2 aliphatic rings. The lowest BCUT2D eigenvalue weighted by Crippen LogP contribution is -2.36. The summed E-state index contributed by atoms with van der Waals surface area (Å²) in [6.07, 6.45) is 2.82. The molecule has 1 N–H and O–H groups in total. The van der Waals surface area contributed by atoms with Crippen molar-refractivity contribution in [1.82, 2.24) is 9.80 Å². The van der Waals surface area contributed by atoms with Crippen molar-refractivity contribution in [3.63, 3.8) is 0 Å². The van der Waals surface area contributed by atoms with Gasteiger partial charge in [0.15, 0.2) is 23.0 Å². The number of hydrogen-bond acceptors (Lipinski definition) is 7. The highest BCUT2D eigenvalue weighted by atomic mass is 32.2. The summed E-state index contributed by atoms with van der Waals surface area (Å²) in [5.41, 5.74) is 1.91. The Morgan fingerprint density at radius 2 is 1.82 bits per heavy atom. The lowest BCUT2D eigenvalue weighted by Gasteiger charge is -2.22. The van der Waals surface area contributed by atoms with Crippen LogP contribution < -0.4 is 24.3 Å². The minimum absolute atomic E-state index is 0.0495. The van der Waals surface area contributed by atoms with Crippen LogP contribution in [0.15, 0.2) is 35.2 Å². The van der Waals surface area contributed by atoms with Crippen LogP contribution >= 0.6 is 11.8 Å². The first kappa shape index (κ1) is 24.3. The van der Waals surface area contributed by atoms with Gasteiger partial charge in [-0.1, -0.05) is 0 Å². The van der Waals surface area contributed by atoms with Crippen molar-refractivity contribution in [3.8, 4) is 23.0 Å². The molecule has 2 aromatic rings. The number of fused-ring (bicyclic) bond motifs is 2. The first-order valence-corrected chi connectivity index (χ1v) is 12.6. The smallest absolute Gasteiger partial charge is 0.321 e. The van der Waals surface area contributed by atoms with E-state index in [0.29, 0.717) is 12.3 Å². The molecule has 2 heterocycles. The molecule has 9 heteroatoms. The van der Waals surface area contributed by atoms with E-state index in [1.54, 1.807) is 14.2 Å². The van der Waals surface area contributed by atoms with Crippen molar-refractivity contribution in [2.24, 2.45) is 0 Å². The molecule has 2 aliphatic heterocycles. The highest BCUT2D eigenvalue weighted by Crippen LogP contribution is 2.38. The van der Waals surface area contributed by atoms with E-state index < -0.39 is 0 Å². The number of nitrogens with zero attached hydrogens (tertiary/aromatic N) is 2. The predicted octanol–water partition coefficient (Wildman–Crippen LogP) is 4.33. The Morgan fingerprint density at radius 1 is 1.06 bits per heavy atom. The van der Waals surface area contributed by atoms with Gasteiger partial charge in [0.25, 0.3) is 0 Å². The number of thioether (sulfide) groups is 1. The van der Waals surface area contributed by atoms with Crippen LogP contribution in [0.3, 0.4) is 0 Å². The second-order valence-corrected chi connectivity index (χ2v) is 9.57. The van der Waals surface area contributed by atoms with Crippen LogP contribution in [0, 0.1) is 0 Å². The number of benzene rings is 2. The molecule has 4 rings (SSSR count). The predicted molar refractivity (Wildman–Crippen MR) is 134 cm³/mol. The van der Waals surface area contributed by atoms with Gasteiger partial charge in [-0.3, -0.25) is 0 Å². The fourth-order valence-corrected chi connectivity index (χ4v) is 5.01. The number of ether oxygens (including phenoxy) is 4. The summed E-state index contributed by atoms with van der Waals surface area (Å²) >= 11 is 1.82. The summed E-state index contributed by atoms with van der Waals surface area (Å²) in [6, 6.07) is 9.83. The number of anilines is 1. The van der Waals surface area contributed by atoms with E-state index in [9.17, 15) is 4.79 Å². The van der Waals surface area contributed by atoms with Crippen LogP contribution in [0.1, 0.15) is 18.4 Å². The molecule has 2 amide bonds. The number of carbonyl (C=O) groups excluding carboxylic acids is 1. The number of methoxy groups -OCH3 is 2. The zero-order chi connectivity index (χ0) is 23.9. The summed E-state index contributed by atoms with van der Waals surface area (Å²) in [6.45, 7) is 3.64. The normalized spacial score (nSPS) is 14.6. The number of hydrogen-bond donors (Lipinski definition) is 1. The fraction of sp³-hybridized carbons (Fsp3) is 0.480. The molecule has 0 aliphatic carbocycles. The van der Waals surface area contributed by atoms with Gasteiger partial charge in [0.1, 0.15) is 0 Å². The number of carbonyl (C=O) groups is 1. The molecule has 0 atom stereocenters. The topological polar surface area (TPSA) is 72.5 Å². The standard InChI is InChI=1S/C25H33N3O5S/c1-27(10-5-13-34-19-6-7-21(30-2)22(15-19)31-3)9-4-11-28-12-8-18-14-23-24(33-17-32-23)16-20(18)26-25(28)29/h6-7,14-16H,4-5,8-13,17H2,1-3H3,(H,26,29). The third kappa shape index (κ3) is 6.01. The molecule has 0 fully saturated rings. The van der Waals surface area contributed by atoms with E-state index in [4.69, 9.17) is 18.9 Å². The number of nitrogens with one attached hydrogen (secondary N) is 1. The van der Waals surface area contributed by atoms with E-state index in [1.165, 1.54) is 4.90 Å². The zero-order valence-corrected chi connectivity index (χ0v) is 20.9. The van der Waals surface area contributed by atoms with Crippen molar-refractivity contribution < 1.29 is 23.7 Å². The Morgan fingerprint density at radius 3 is 2.62 bits per heavy atom. The van der Waals surface area contributed by atoms with Crippen LogP contribution in [0.2, 0.25) is 0 Å². The van der Waals surface area contributed by atoms with Crippen LogP contribution in [-0.4, -0.2) is 75.8 Å². The minimum Gasteiger partial charge on any atom is -0.493 e. The molecular weight excluding hydrogens is 454 g/mol. The number of amides is 2. The van der Waals surface area contributed by atoms with Gasteiger partial charge in [-0.25, -0.2) is 4.79 Å². The molecule has 0 spiro atoms. The summed E-state index contributed by atoms with van der Waals surface area (Å²) in [5.74, 6) is 3.99. The molecule has 0 saturated heterocycles. The van der Waals surface area contributed by atoms with Crippen LogP contribution in [0.4, 0.5) is 10.5 Å². The van der Waals surface area contributed by atoms with Gasteiger partial charge in [-0.05, 0) is 75.0 Å². The Balaban J connectivity index is 1.15. The molecule has 8 nitrogen and oxygen atoms in total. The lowest BCUT2D eigenvalue weighted by atomic mass is 10.1. The van der Waals surface area contributed by atoms with E-state index in [1.807, 2.05) is 40.9 Å². The maximum Gasteiger partial charge on any atom is 0.321 e. The van der Waals surface area contributed by atoms with Crippen LogP contribution in [0.25, 0.3) is 0 Å². The van der Waals surface area contributed by atoms with Gasteiger partial charge in [-0.2, -0.15) is 0 Å². The van der Waals surface area contributed by atoms with Crippen LogP contribution in [-0.2, 0) is 6.42 Å². The number of urea groups is 1. The van der Waals surface area contributed by atoms with Crippen molar-refractivity contribution in [1.29, 1.82) is 0 Å². The zero-order valence-electron chi connectivity index (χ0n) is 20.1. The maximum absolute atomic E-state index is 12.7. The quantitative estimate of drug-likeness (QED) is 0.374. The van der Waals surface area contributed by atoms with Gasteiger partial charge >= 0.3 is 6.03 Å². The van der Waals surface area contributed by atoms with Gasteiger partial charge < -0.3 is 34.1 Å². The van der Waals surface area contributed by atoms with Gasteiger partial charge in [-0.15, -0.1) is 11.8 Å². The summed E-state index contributed by atoms with van der Waals surface area (Å²) < 4.78 is 21.6. The van der Waals surface area contributed by atoms with E-state index in [2.05, 4.69) is 23.3 Å². The van der Waals surface area contributed by atoms with Crippen molar-refractivity contribution >= 4 is 23.5 Å². The highest BCUT2D eigenvalue weighted by Gasteiger charge is 2.24. The summed E-state index contributed by atoms with van der Waals surface area (Å²) in [4.78, 5) is 18.1. The third-order valence-corrected chi connectivity index (χ3v) is 7.13. The van der Waals surface area contributed by atoms with Crippen LogP contribution in [0.5, 0.6) is 23.0 Å². The first-order chi connectivity index (χ1) is 16.6. The second kappa shape index (κ2) is 11.6. The lowest BCUT2D eigenvalue weighted by molar-refractivity contribution is 0.174. The molecule has 0 saturated carbocycles. The fourth-order valence-electron chi connectivity index (χ4n) is 4.15. The number of rotatable bonds is 11. The summed E-state index contributed by atoms with van der Waals surface area (Å²) in [7, 11) is 5.44. The average molecular weight is 488 g/mol. The molecule has 0 bridgehead atoms. The maximum atomic E-state index is 12.7. The van der Waals surface area contributed by atoms with E-state index in [-0.39, 0.29) is 12.8 Å². The molecule has 2 aromatic carbocycles. The van der Waals surface area contributed by atoms with Gasteiger partial charge in [0.05, 0.1) is 14.2 Å². The summed E-state index contributed by atoms with van der Waals surface area (Å²) in [5, 5.41) is 3.03. The molecule has 184 valence electrons. The van der Waals surface area contributed by atoms with Gasteiger partial charge in [0, 0.05) is 29.7 Å². The Bertz CT molecular complexity index is 1000. The van der Waals surface area contributed by atoms with Crippen molar-refractivity contribution in [3.05, 3.63) is 35.9 Å². The molecule has 0 unspecified atom stereocenters. The second-order valence-electron chi connectivity index (χ2n) is 8.41. The average Bonchev–Trinajstić information content (AvgIpc) is 3.24. The largest absolute Gasteiger partial charge is 0.493 e. The molecule has 0 aromatic heterocycles. The monoisotopic (exact) mass is 487 g/mol. The van der Waals surface area contributed by atoms with Gasteiger partial charge in [0.2, 0.25) is 6.79 Å². The minimum atomic E-state index is -0.0495. The highest BCUT2D eigenvalue weighted by molar-refractivity contribution is 7.99. The van der Waals surface area contributed by atoms with Crippen molar-refractivity contribution in [2.75, 3.05) is 65.3 Å². The molecule has 0 radical (unpaired) electrons. The SMILES string of the molecule is COc1ccc(SCCCN(C)CCCN2CCc3cc4c(cc3NC2=O)OCO4)cc1OC. The Kier molecular flexibility index (Phi) is 8.29. The molecular formula is C25H33N3O5S. The van der Waals surface area contributed by atoms with E-state index >= 15 is 0 Å². The Labute approximate surface area is 205 Å². The molecule has 34 heavy (non-hydrogen) atoms. The Hall–Kier alpha value is -2.78. The van der Waals surface area contributed by atoms with Crippen molar-refractivity contribution in [2.45, 2.75) is 24.2 Å².